The lowest BCUT2D eigenvalue weighted by Crippen LogP contribution is -2.42. The van der Waals surface area contributed by atoms with Crippen molar-refractivity contribution in [2.45, 2.75) is 64.6 Å². The standard InChI is InChI=1S/C22H26N8O/c1-3-18-22-28-26-13-29(22)19-12-25-20(27-21(19)30(18)16-6-4-5-7-16)17-8-9-23-10-15(17)11-24-14(2)31/h8-10,12-13,16,18H,3-7,11H2,1-2H3,(H,24,31)/t18-/m1/s1. The zero-order valence-corrected chi connectivity index (χ0v) is 17.8. The number of hydrogen-bond donors (Lipinski definition) is 1. The molecule has 5 rings (SSSR count). The molecule has 4 heterocycles. The first-order valence-electron chi connectivity index (χ1n) is 10.9. The van der Waals surface area contributed by atoms with Gasteiger partial charge in [-0.25, -0.2) is 9.97 Å². The van der Waals surface area contributed by atoms with Gasteiger partial charge in [-0.2, -0.15) is 0 Å². The zero-order chi connectivity index (χ0) is 21.4. The summed E-state index contributed by atoms with van der Waals surface area (Å²) in [6.07, 6.45) is 12.8. The number of nitrogens with zero attached hydrogens (tertiary/aromatic N) is 7. The van der Waals surface area contributed by atoms with Crippen LogP contribution in [-0.4, -0.2) is 41.7 Å². The number of hydrogen-bond acceptors (Lipinski definition) is 7. The third-order valence-corrected chi connectivity index (χ3v) is 6.24. The molecule has 1 saturated carbocycles. The van der Waals surface area contributed by atoms with E-state index in [0.29, 0.717) is 18.4 Å². The van der Waals surface area contributed by atoms with Crippen LogP contribution in [-0.2, 0) is 11.3 Å². The second-order valence-corrected chi connectivity index (χ2v) is 8.17. The Kier molecular flexibility index (Phi) is 5.09. The van der Waals surface area contributed by atoms with E-state index in [-0.39, 0.29) is 11.9 Å². The Bertz CT molecular complexity index is 1100. The van der Waals surface area contributed by atoms with Crippen LogP contribution in [0.15, 0.2) is 31.0 Å². The topological polar surface area (TPSA) is 102 Å². The molecule has 2 aliphatic rings. The Morgan fingerprint density at radius 1 is 1.26 bits per heavy atom. The van der Waals surface area contributed by atoms with Crippen LogP contribution in [0, 0.1) is 0 Å². The van der Waals surface area contributed by atoms with E-state index < -0.39 is 0 Å². The van der Waals surface area contributed by atoms with E-state index in [9.17, 15) is 4.79 Å². The highest BCUT2D eigenvalue weighted by Crippen LogP contribution is 2.43. The van der Waals surface area contributed by atoms with Crippen LogP contribution in [0.4, 0.5) is 5.82 Å². The van der Waals surface area contributed by atoms with Crippen molar-refractivity contribution in [1.82, 2.24) is 35.0 Å². The molecule has 1 fully saturated rings. The summed E-state index contributed by atoms with van der Waals surface area (Å²) < 4.78 is 2.02. The molecule has 0 unspecified atom stereocenters. The fraction of sp³-hybridized carbons (Fsp3) is 0.455. The van der Waals surface area contributed by atoms with E-state index in [2.05, 4.69) is 37.3 Å². The highest BCUT2D eigenvalue weighted by Gasteiger charge is 2.38. The molecule has 0 saturated heterocycles. The van der Waals surface area contributed by atoms with E-state index in [1.165, 1.54) is 19.8 Å². The van der Waals surface area contributed by atoms with Gasteiger partial charge >= 0.3 is 0 Å². The summed E-state index contributed by atoms with van der Waals surface area (Å²) >= 11 is 0. The van der Waals surface area contributed by atoms with Gasteiger partial charge in [0.05, 0.1) is 12.2 Å². The summed E-state index contributed by atoms with van der Waals surface area (Å²) in [6, 6.07) is 2.48. The van der Waals surface area contributed by atoms with Crippen molar-refractivity contribution in [1.29, 1.82) is 0 Å². The predicted molar refractivity (Wildman–Crippen MR) is 115 cm³/mol. The first kappa shape index (κ1) is 19.6. The van der Waals surface area contributed by atoms with Crippen LogP contribution in [0.25, 0.3) is 17.1 Å². The fourth-order valence-electron chi connectivity index (χ4n) is 4.78. The lowest BCUT2D eigenvalue weighted by atomic mass is 10.0. The van der Waals surface area contributed by atoms with Gasteiger partial charge in [0, 0.05) is 43.0 Å². The number of nitrogens with one attached hydrogen (secondary N) is 1. The number of carbonyl (C=O) groups excluding carboxylic acids is 1. The van der Waals surface area contributed by atoms with Crippen LogP contribution in [0.5, 0.6) is 0 Å². The Balaban J connectivity index is 1.63. The molecule has 31 heavy (non-hydrogen) atoms. The van der Waals surface area contributed by atoms with Crippen molar-refractivity contribution < 1.29 is 4.79 Å². The zero-order valence-electron chi connectivity index (χ0n) is 17.8. The third kappa shape index (κ3) is 3.43. The lowest BCUT2D eigenvalue weighted by molar-refractivity contribution is -0.119. The Morgan fingerprint density at radius 2 is 2.10 bits per heavy atom. The number of fused-ring (bicyclic) bond motifs is 3. The second-order valence-electron chi connectivity index (χ2n) is 8.17. The summed E-state index contributed by atoms with van der Waals surface area (Å²) in [5, 5.41) is 11.5. The van der Waals surface area contributed by atoms with Crippen molar-refractivity contribution in [3.05, 3.63) is 42.4 Å². The Labute approximate surface area is 181 Å². The molecule has 3 aromatic heterocycles. The molecule has 1 atom stereocenters. The molecule has 1 aliphatic carbocycles. The van der Waals surface area contributed by atoms with E-state index in [0.717, 1.165) is 47.7 Å². The number of pyridine rings is 1. The highest BCUT2D eigenvalue weighted by atomic mass is 16.1. The highest BCUT2D eigenvalue weighted by molar-refractivity contribution is 5.73. The monoisotopic (exact) mass is 418 g/mol. The van der Waals surface area contributed by atoms with Crippen molar-refractivity contribution >= 4 is 11.7 Å². The maximum atomic E-state index is 11.4. The van der Waals surface area contributed by atoms with E-state index in [1.54, 1.807) is 18.7 Å². The minimum Gasteiger partial charge on any atom is -0.352 e. The minimum atomic E-state index is -0.0838. The second kappa shape index (κ2) is 8.05. The largest absolute Gasteiger partial charge is 0.352 e. The quantitative estimate of drug-likeness (QED) is 0.680. The summed E-state index contributed by atoms with van der Waals surface area (Å²) in [6.45, 7) is 4.08. The van der Waals surface area contributed by atoms with Gasteiger partial charge in [-0.1, -0.05) is 19.8 Å². The minimum absolute atomic E-state index is 0.0838. The summed E-state index contributed by atoms with van der Waals surface area (Å²) in [5.41, 5.74) is 2.68. The number of anilines is 1. The molecule has 0 aromatic carbocycles. The molecule has 1 aliphatic heterocycles. The SMILES string of the molecule is CC[C@@H]1c2nncn2-c2cnc(-c3ccncc3CNC(C)=O)nc2N1C1CCCC1. The van der Waals surface area contributed by atoms with Crippen molar-refractivity contribution in [3.63, 3.8) is 0 Å². The molecule has 0 radical (unpaired) electrons. The molecular formula is C22H26N8O. The van der Waals surface area contributed by atoms with Gasteiger partial charge in [0.25, 0.3) is 0 Å². The molecule has 0 spiro atoms. The number of aromatic nitrogens is 6. The van der Waals surface area contributed by atoms with Crippen molar-refractivity contribution in [2.24, 2.45) is 0 Å². The number of rotatable bonds is 5. The molecule has 160 valence electrons. The molecule has 1 amide bonds. The van der Waals surface area contributed by atoms with Gasteiger partial charge in [0.2, 0.25) is 5.91 Å². The summed E-state index contributed by atoms with van der Waals surface area (Å²) in [4.78, 5) is 27.9. The van der Waals surface area contributed by atoms with E-state index in [4.69, 9.17) is 4.98 Å². The maximum absolute atomic E-state index is 11.4. The third-order valence-electron chi connectivity index (χ3n) is 6.24. The van der Waals surface area contributed by atoms with Gasteiger partial charge in [0.1, 0.15) is 12.0 Å². The summed E-state index contributed by atoms with van der Waals surface area (Å²) in [7, 11) is 0. The van der Waals surface area contributed by atoms with Gasteiger partial charge in [-0.15, -0.1) is 10.2 Å². The van der Waals surface area contributed by atoms with Gasteiger partial charge in [0.15, 0.2) is 17.5 Å². The van der Waals surface area contributed by atoms with Crippen LogP contribution >= 0.6 is 0 Å². The first-order valence-corrected chi connectivity index (χ1v) is 10.9. The van der Waals surface area contributed by atoms with Gasteiger partial charge < -0.3 is 10.2 Å². The normalized spacial score (nSPS) is 18.0. The number of carbonyl (C=O) groups is 1. The predicted octanol–water partition coefficient (Wildman–Crippen LogP) is 2.97. The summed E-state index contributed by atoms with van der Waals surface area (Å²) in [5.74, 6) is 2.43. The molecule has 3 aromatic rings. The van der Waals surface area contributed by atoms with Crippen LogP contribution in [0.2, 0.25) is 0 Å². The average Bonchev–Trinajstić information content (AvgIpc) is 3.49. The van der Waals surface area contributed by atoms with Crippen LogP contribution in [0.1, 0.15) is 63.4 Å². The van der Waals surface area contributed by atoms with Crippen molar-refractivity contribution in [3.8, 4) is 17.1 Å². The van der Waals surface area contributed by atoms with E-state index >= 15 is 0 Å². The van der Waals surface area contributed by atoms with Gasteiger partial charge in [-0.05, 0) is 25.3 Å². The van der Waals surface area contributed by atoms with Gasteiger partial charge in [-0.3, -0.25) is 14.3 Å². The molecule has 1 N–H and O–H groups in total. The Hall–Kier alpha value is -3.36. The maximum Gasteiger partial charge on any atom is 0.217 e. The molecule has 9 nitrogen and oxygen atoms in total. The molecular weight excluding hydrogens is 392 g/mol. The fourth-order valence-corrected chi connectivity index (χ4v) is 4.78. The average molecular weight is 419 g/mol. The van der Waals surface area contributed by atoms with Crippen molar-refractivity contribution in [2.75, 3.05) is 4.90 Å². The Morgan fingerprint density at radius 3 is 2.87 bits per heavy atom. The lowest BCUT2D eigenvalue weighted by Gasteiger charge is -2.40. The van der Waals surface area contributed by atoms with E-state index in [1.807, 2.05) is 16.8 Å². The first-order chi connectivity index (χ1) is 15.2. The molecule has 9 heteroatoms. The van der Waals surface area contributed by atoms with Crippen LogP contribution in [0.3, 0.4) is 0 Å². The molecule has 0 bridgehead atoms. The smallest absolute Gasteiger partial charge is 0.217 e. The number of amides is 1. The van der Waals surface area contributed by atoms with Crippen LogP contribution < -0.4 is 10.2 Å².